The summed E-state index contributed by atoms with van der Waals surface area (Å²) in [5.41, 5.74) is -3.35. The number of halogens is 1. The van der Waals surface area contributed by atoms with Gasteiger partial charge in [0.1, 0.15) is 29.5 Å². The number of fused-ring (bicyclic) bond motifs is 1. The number of pyridine rings is 1. The van der Waals surface area contributed by atoms with E-state index in [0.29, 0.717) is 47.5 Å². The standard InChI is InChI=1S/C37H53ClN6O9S/c1-10-21-19-37(21,32(47)43-54(49,50)53-36(9)15-16-36)41-30(45)25-17-22(52-26-18-27(51-11-2)39-28-23(26)13-12-14-24(28)38)20-44(25)31(46)29(34(3,4)5)40-33(48)42-35(6,7)8/h12-14,18,21-22,25,29H,10-11,15-17,19-20H2,1-9H3,(H,41,45)(H,43,47)(H2,40,42,48)/t21?,22-,25+,29-,37-/m1/s1. The summed E-state index contributed by atoms with van der Waals surface area (Å²) in [4.78, 5) is 61.6. The molecule has 2 heterocycles. The Bertz CT molecular complexity index is 1910. The number of rotatable bonds is 13. The van der Waals surface area contributed by atoms with Gasteiger partial charge in [-0.25, -0.2) is 18.7 Å². The molecule has 1 aromatic heterocycles. The van der Waals surface area contributed by atoms with Crippen molar-refractivity contribution < 1.29 is 41.3 Å². The molecule has 3 aliphatic rings. The minimum atomic E-state index is -4.46. The number of aromatic nitrogens is 1. The summed E-state index contributed by atoms with van der Waals surface area (Å²) < 4.78 is 45.0. The summed E-state index contributed by atoms with van der Waals surface area (Å²) in [6.07, 6.45) is 1.00. The van der Waals surface area contributed by atoms with E-state index in [-0.39, 0.29) is 31.2 Å². The number of nitrogens with one attached hydrogen (secondary N) is 4. The first kappa shape index (κ1) is 41.3. The lowest BCUT2D eigenvalue weighted by Crippen LogP contribution is -2.61. The molecule has 0 radical (unpaired) electrons. The monoisotopic (exact) mass is 792 g/mol. The number of carbonyl (C=O) groups excluding carboxylic acids is 4. The van der Waals surface area contributed by atoms with Gasteiger partial charge in [-0.3, -0.25) is 14.4 Å². The van der Waals surface area contributed by atoms with Gasteiger partial charge in [-0.15, -0.1) is 0 Å². The normalized spacial score (nSPS) is 24.0. The first-order valence-corrected chi connectivity index (χ1v) is 20.2. The van der Waals surface area contributed by atoms with Gasteiger partial charge < -0.3 is 30.3 Å². The predicted molar refractivity (Wildman–Crippen MR) is 202 cm³/mol. The molecule has 54 heavy (non-hydrogen) atoms. The number of likely N-dealkylation sites (tertiary alicyclic amines) is 1. The van der Waals surface area contributed by atoms with Crippen molar-refractivity contribution in [1.82, 2.24) is 30.6 Å². The van der Waals surface area contributed by atoms with Crippen LogP contribution < -0.4 is 30.1 Å². The third-order valence-electron chi connectivity index (χ3n) is 9.87. The zero-order valence-corrected chi connectivity index (χ0v) is 34.0. The van der Waals surface area contributed by atoms with E-state index < -0.39 is 74.3 Å². The predicted octanol–water partition coefficient (Wildman–Crippen LogP) is 4.36. The summed E-state index contributed by atoms with van der Waals surface area (Å²) in [7, 11) is -4.46. The van der Waals surface area contributed by atoms with Gasteiger partial charge in [0.15, 0.2) is 0 Å². The molecule has 3 fully saturated rings. The van der Waals surface area contributed by atoms with E-state index in [1.165, 1.54) is 4.90 Å². The van der Waals surface area contributed by atoms with Crippen molar-refractivity contribution in [2.45, 2.75) is 129 Å². The fourth-order valence-electron chi connectivity index (χ4n) is 6.72. The zero-order valence-electron chi connectivity index (χ0n) is 32.4. The van der Waals surface area contributed by atoms with Gasteiger partial charge in [0.05, 0.1) is 29.3 Å². The number of ether oxygens (including phenoxy) is 2. The summed E-state index contributed by atoms with van der Waals surface area (Å²) in [5, 5.41) is 9.43. The summed E-state index contributed by atoms with van der Waals surface area (Å²) in [6.45, 7) is 16.4. The molecule has 298 valence electrons. The highest BCUT2D eigenvalue weighted by Crippen LogP contribution is 2.47. The fraction of sp³-hybridized carbons (Fsp3) is 0.649. The van der Waals surface area contributed by atoms with Crippen LogP contribution in [0.1, 0.15) is 94.4 Å². The Morgan fingerprint density at radius 2 is 1.78 bits per heavy atom. The Balaban J connectivity index is 1.47. The molecule has 5 rings (SSSR count). The zero-order chi connectivity index (χ0) is 40.0. The van der Waals surface area contributed by atoms with Crippen LogP contribution in [-0.4, -0.2) is 90.1 Å². The molecule has 15 nitrogen and oxygen atoms in total. The Hall–Kier alpha value is -3.89. The van der Waals surface area contributed by atoms with Gasteiger partial charge in [-0.05, 0) is 77.3 Å². The van der Waals surface area contributed by atoms with Crippen LogP contribution in [0.15, 0.2) is 24.3 Å². The number of carbonyl (C=O) groups is 4. The summed E-state index contributed by atoms with van der Waals surface area (Å²) >= 11 is 6.50. The number of hydrogen-bond acceptors (Lipinski definition) is 10. The molecule has 1 aliphatic heterocycles. The van der Waals surface area contributed by atoms with Crippen LogP contribution in [0, 0.1) is 11.3 Å². The average Bonchev–Trinajstić information content (AvgIpc) is 3.91. The molecular formula is C37H53ClN6O9S. The van der Waals surface area contributed by atoms with Crippen molar-refractivity contribution in [2.24, 2.45) is 11.3 Å². The van der Waals surface area contributed by atoms with Gasteiger partial charge >= 0.3 is 16.3 Å². The SMILES string of the molecule is CCOc1cc(O[C@@H]2C[C@@H](C(=O)N[C@]3(C(=O)NS(=O)(=O)OC4(C)CC4)CC3CC)N(C(=O)[C@@H](NC(=O)NC(C)(C)C)C(C)(C)C)C2)c2cccc(Cl)c2n1. The average molecular weight is 793 g/mol. The largest absolute Gasteiger partial charge is 0.488 e. The molecule has 17 heteroatoms. The minimum absolute atomic E-state index is 0.00519. The van der Waals surface area contributed by atoms with Crippen molar-refractivity contribution >= 4 is 56.6 Å². The Labute approximate surface area is 322 Å². The van der Waals surface area contributed by atoms with Crippen molar-refractivity contribution in [3.63, 3.8) is 0 Å². The third kappa shape index (κ3) is 9.48. The lowest BCUT2D eigenvalue weighted by molar-refractivity contribution is -0.142. The van der Waals surface area contributed by atoms with Crippen LogP contribution in [0.25, 0.3) is 10.9 Å². The minimum Gasteiger partial charge on any atom is -0.488 e. The first-order chi connectivity index (χ1) is 25.0. The Morgan fingerprint density at radius 1 is 1.09 bits per heavy atom. The van der Waals surface area contributed by atoms with Crippen LogP contribution in [0.5, 0.6) is 11.6 Å². The molecule has 1 unspecified atom stereocenters. The maximum absolute atomic E-state index is 14.6. The number of urea groups is 1. The number of hydrogen-bond donors (Lipinski definition) is 4. The lowest BCUT2D eigenvalue weighted by Gasteiger charge is -2.36. The maximum atomic E-state index is 14.6. The molecular weight excluding hydrogens is 740 g/mol. The highest BCUT2D eigenvalue weighted by molar-refractivity contribution is 7.85. The molecule has 4 N–H and O–H groups in total. The number of benzene rings is 1. The van der Waals surface area contributed by atoms with Gasteiger partial charge in [-0.2, -0.15) is 8.42 Å². The van der Waals surface area contributed by atoms with Gasteiger partial charge in [0.25, 0.3) is 5.91 Å². The summed E-state index contributed by atoms with van der Waals surface area (Å²) in [6, 6.07) is 4.06. The van der Waals surface area contributed by atoms with E-state index in [2.05, 4.69) is 20.9 Å². The Morgan fingerprint density at radius 3 is 2.35 bits per heavy atom. The van der Waals surface area contributed by atoms with Crippen molar-refractivity contribution in [2.75, 3.05) is 13.2 Å². The number of amides is 5. The number of para-hydroxylation sites is 1. The molecule has 0 bridgehead atoms. The topological polar surface area (TPSA) is 194 Å². The van der Waals surface area contributed by atoms with Crippen LogP contribution >= 0.6 is 11.6 Å². The third-order valence-corrected chi connectivity index (χ3v) is 11.2. The van der Waals surface area contributed by atoms with Crippen LogP contribution in [-0.2, 0) is 28.9 Å². The highest BCUT2D eigenvalue weighted by Gasteiger charge is 2.62. The van der Waals surface area contributed by atoms with Gasteiger partial charge in [0.2, 0.25) is 17.7 Å². The van der Waals surface area contributed by atoms with E-state index in [4.69, 9.17) is 25.3 Å². The molecule has 2 aliphatic carbocycles. The van der Waals surface area contributed by atoms with Crippen molar-refractivity contribution in [3.8, 4) is 11.6 Å². The second-order valence-electron chi connectivity index (χ2n) is 16.8. The van der Waals surface area contributed by atoms with Gasteiger partial charge in [-0.1, -0.05) is 51.8 Å². The molecule has 0 spiro atoms. The molecule has 5 amide bonds. The maximum Gasteiger partial charge on any atom is 0.362 e. The summed E-state index contributed by atoms with van der Waals surface area (Å²) in [5.74, 6) is -1.83. The molecule has 2 aromatic rings. The van der Waals surface area contributed by atoms with E-state index in [1.54, 1.807) is 52.0 Å². The second-order valence-corrected chi connectivity index (χ2v) is 18.5. The quantitative estimate of drug-likeness (QED) is 0.226. The van der Waals surface area contributed by atoms with Crippen molar-refractivity contribution in [3.05, 3.63) is 29.3 Å². The molecule has 1 saturated heterocycles. The van der Waals surface area contributed by atoms with Crippen LogP contribution in [0.4, 0.5) is 4.79 Å². The number of nitrogens with zero attached hydrogens (tertiary/aromatic N) is 2. The second kappa shape index (κ2) is 15.0. The first-order valence-electron chi connectivity index (χ1n) is 18.4. The van der Waals surface area contributed by atoms with E-state index in [1.807, 2.05) is 39.3 Å². The van der Waals surface area contributed by atoms with E-state index in [9.17, 15) is 27.6 Å². The Kier molecular flexibility index (Phi) is 11.5. The van der Waals surface area contributed by atoms with E-state index >= 15 is 0 Å². The molecule has 5 atom stereocenters. The molecule has 2 saturated carbocycles. The molecule has 1 aromatic carbocycles. The fourth-order valence-corrected chi connectivity index (χ4v) is 8.08. The van der Waals surface area contributed by atoms with E-state index in [0.717, 1.165) is 0 Å². The van der Waals surface area contributed by atoms with Crippen LogP contribution in [0.3, 0.4) is 0 Å². The van der Waals surface area contributed by atoms with Gasteiger partial charge in [0, 0.05) is 23.4 Å². The smallest absolute Gasteiger partial charge is 0.362 e. The highest BCUT2D eigenvalue weighted by atomic mass is 35.5. The van der Waals surface area contributed by atoms with Crippen molar-refractivity contribution in [1.29, 1.82) is 0 Å². The lowest BCUT2D eigenvalue weighted by atomic mass is 9.85. The van der Waals surface area contributed by atoms with Crippen LogP contribution in [0.2, 0.25) is 5.02 Å².